The van der Waals surface area contributed by atoms with Gasteiger partial charge in [0, 0.05) is 6.92 Å². The summed E-state index contributed by atoms with van der Waals surface area (Å²) in [4.78, 5) is 20.6. The molecule has 0 amide bonds. The van der Waals surface area contributed by atoms with E-state index in [2.05, 4.69) is 0 Å². The zero-order valence-corrected chi connectivity index (χ0v) is 8.41. The van der Waals surface area contributed by atoms with Gasteiger partial charge in [0.2, 0.25) is 0 Å². The molecule has 0 radical (unpaired) electrons. The van der Waals surface area contributed by atoms with Crippen molar-refractivity contribution in [3.63, 3.8) is 0 Å². The molecule has 60 valence electrons. The Morgan fingerprint density at radius 3 is 1.60 bits per heavy atom. The molecule has 0 fully saturated rings. The third-order valence-corrected chi connectivity index (χ3v) is 2.31. The van der Waals surface area contributed by atoms with Crippen molar-refractivity contribution in [2.45, 2.75) is 6.92 Å². The maximum atomic E-state index is 9.52. The van der Waals surface area contributed by atoms with Gasteiger partial charge >= 0.3 is 45.5 Å². The molecule has 4 N–H and O–H groups in total. The van der Waals surface area contributed by atoms with E-state index in [9.17, 15) is 4.57 Å². The van der Waals surface area contributed by atoms with Crippen LogP contribution in [0.3, 0.4) is 0 Å². The van der Waals surface area contributed by atoms with Crippen molar-refractivity contribution in [2.75, 3.05) is 0 Å². The average molecular weight is 249 g/mol. The minimum atomic E-state index is -3.92. The molecule has 0 heterocycles. The number of aliphatic carboxylic acids is 1. The molecule has 0 saturated heterocycles. The first kappa shape index (κ1) is 13.1. The Morgan fingerprint density at radius 2 is 1.60 bits per heavy atom. The minimum absolute atomic E-state index is 0.833. The number of hydrogen-bond acceptors (Lipinski definition) is 3. The number of carboxylic acid groups (broad SMARTS) is 1. The molecule has 6 nitrogen and oxygen atoms in total. The Bertz CT molecular complexity index is 135. The van der Waals surface area contributed by atoms with Crippen LogP contribution in [-0.2, 0) is 32.5 Å². The fraction of sp³-hybridized carbons (Fsp3) is 0.500. The molecule has 0 aromatic rings. The molecule has 0 spiro atoms. The van der Waals surface area contributed by atoms with Crippen molar-refractivity contribution in [1.29, 1.82) is 0 Å². The van der Waals surface area contributed by atoms with E-state index >= 15 is 0 Å². The molecule has 0 aliphatic rings. The van der Waals surface area contributed by atoms with E-state index in [4.69, 9.17) is 22.9 Å². The van der Waals surface area contributed by atoms with Crippen LogP contribution in [0.25, 0.3) is 0 Å². The number of hydrogen-bond donors (Lipinski definition) is 4. The third-order valence-electron chi connectivity index (χ3n) is 0.130. The fourth-order valence-corrected chi connectivity index (χ4v) is 0. The summed E-state index contributed by atoms with van der Waals surface area (Å²) in [6.07, 6.45) is 0. The number of carboxylic acids is 1. The van der Waals surface area contributed by atoms with Gasteiger partial charge in [0.1, 0.15) is 0 Å². The number of carbonyl (C=O) groups is 1. The predicted molar refractivity (Wildman–Crippen MR) is 27.6 cm³/mol. The van der Waals surface area contributed by atoms with Gasteiger partial charge in [-0.2, -0.15) is 0 Å². The SMILES string of the molecule is CC(=O)O.O=[P](O)(O)[Zr][OH]. The van der Waals surface area contributed by atoms with Gasteiger partial charge in [0.15, 0.2) is 0 Å². The molecule has 0 rings (SSSR count). The maximum absolute atomic E-state index is 9.52. The summed E-state index contributed by atoms with van der Waals surface area (Å²) in [5.74, 6) is -0.833. The van der Waals surface area contributed by atoms with Crippen molar-refractivity contribution in [1.82, 2.24) is 0 Å². The molecule has 0 atom stereocenters. The van der Waals surface area contributed by atoms with E-state index in [1.807, 2.05) is 0 Å². The van der Waals surface area contributed by atoms with E-state index in [-0.39, 0.29) is 0 Å². The van der Waals surface area contributed by atoms with Crippen molar-refractivity contribution in [3.05, 3.63) is 0 Å². The molecule has 0 aromatic heterocycles. The fourth-order valence-electron chi connectivity index (χ4n) is 0. The first-order valence-corrected chi connectivity index (χ1v) is 7.97. The van der Waals surface area contributed by atoms with E-state index in [0.717, 1.165) is 6.92 Å². The van der Waals surface area contributed by atoms with Crippen LogP contribution >= 0.6 is 4.89 Å². The summed E-state index contributed by atoms with van der Waals surface area (Å²) >= 11 is -2.31. The molecule has 0 aromatic carbocycles. The van der Waals surface area contributed by atoms with Crippen LogP contribution in [0.1, 0.15) is 6.92 Å². The molecule has 0 unspecified atom stereocenters. The summed E-state index contributed by atoms with van der Waals surface area (Å²) in [6.45, 7) is 1.08. The summed E-state index contributed by atoms with van der Waals surface area (Å²) in [6, 6.07) is 0. The Balaban J connectivity index is 0. The third kappa shape index (κ3) is 39.3. The van der Waals surface area contributed by atoms with Gasteiger partial charge in [-0.15, -0.1) is 0 Å². The van der Waals surface area contributed by atoms with E-state index < -0.39 is 34.0 Å². The predicted octanol–water partition coefficient (Wildman–Crippen LogP) is -0.840. The quantitative estimate of drug-likeness (QED) is 0.450. The Kier molecular flexibility index (Phi) is 8.10. The second-order valence-electron chi connectivity index (χ2n) is 1.16. The van der Waals surface area contributed by atoms with Gasteiger partial charge in [0.05, 0.1) is 0 Å². The van der Waals surface area contributed by atoms with Gasteiger partial charge in [-0.3, -0.25) is 4.79 Å². The van der Waals surface area contributed by atoms with Crippen LogP contribution < -0.4 is 0 Å². The molecule has 0 aliphatic heterocycles. The zero-order chi connectivity index (χ0) is 8.78. The second-order valence-corrected chi connectivity index (χ2v) is 8.22. The first-order chi connectivity index (χ1) is 4.29. The topological polar surface area (TPSA) is 115 Å². The Labute approximate surface area is 68.5 Å². The Morgan fingerprint density at radius 1 is 1.50 bits per heavy atom. The van der Waals surface area contributed by atoms with Gasteiger partial charge in [-0.05, 0) is 0 Å². The molecular formula is C2H7O6PZr. The van der Waals surface area contributed by atoms with Crippen LogP contribution in [0, 0.1) is 0 Å². The summed E-state index contributed by atoms with van der Waals surface area (Å²) in [5.41, 5.74) is 0. The summed E-state index contributed by atoms with van der Waals surface area (Å²) < 4.78 is 17.3. The van der Waals surface area contributed by atoms with Crippen molar-refractivity contribution < 1.29 is 50.5 Å². The van der Waals surface area contributed by atoms with Crippen molar-refractivity contribution >= 4 is 10.9 Å². The van der Waals surface area contributed by atoms with Gasteiger partial charge in [0.25, 0.3) is 5.97 Å². The zero-order valence-electron chi connectivity index (χ0n) is 5.05. The van der Waals surface area contributed by atoms with Crippen molar-refractivity contribution in [3.8, 4) is 0 Å². The Hall–Kier alpha value is 0.463. The van der Waals surface area contributed by atoms with Crippen molar-refractivity contribution in [2.24, 2.45) is 0 Å². The number of rotatable bonds is 1. The standard InChI is InChI=1S/C2H4O2.HO3P.H2O.Zr/c1-2(3)4;1-4(2)3;;/h1H3,(H,3,4);(H-,1,2,3);1H2;. The van der Waals surface area contributed by atoms with Gasteiger partial charge < -0.3 is 5.11 Å². The summed E-state index contributed by atoms with van der Waals surface area (Å²) in [5, 5.41) is 7.42. The van der Waals surface area contributed by atoms with Crippen LogP contribution in [0.15, 0.2) is 0 Å². The van der Waals surface area contributed by atoms with Gasteiger partial charge in [-0.1, -0.05) is 0 Å². The monoisotopic (exact) mass is 248 g/mol. The second kappa shape index (κ2) is 6.19. The normalized spacial score (nSPS) is 9.20. The summed E-state index contributed by atoms with van der Waals surface area (Å²) in [7, 11) is 0. The molecule has 0 saturated carbocycles. The molecular weight excluding hydrogens is 242 g/mol. The average Bonchev–Trinajstić information content (AvgIpc) is 1.63. The van der Waals surface area contributed by atoms with Gasteiger partial charge in [-0.25, -0.2) is 0 Å². The van der Waals surface area contributed by atoms with Crippen LogP contribution in [0.4, 0.5) is 0 Å². The van der Waals surface area contributed by atoms with Crippen LogP contribution in [-0.4, -0.2) is 24.0 Å². The molecule has 10 heavy (non-hydrogen) atoms. The molecule has 0 bridgehead atoms. The van der Waals surface area contributed by atoms with E-state index in [0.29, 0.717) is 0 Å². The van der Waals surface area contributed by atoms with E-state index in [1.165, 1.54) is 0 Å². The van der Waals surface area contributed by atoms with Crippen LogP contribution in [0.5, 0.6) is 0 Å². The molecule has 8 heteroatoms. The molecule has 0 aliphatic carbocycles. The first-order valence-electron chi connectivity index (χ1n) is 1.96. The van der Waals surface area contributed by atoms with Crippen LogP contribution in [0.2, 0.25) is 0 Å². The van der Waals surface area contributed by atoms with E-state index in [1.54, 1.807) is 0 Å².